The Bertz CT molecular complexity index is 678. The Kier molecular flexibility index (Phi) is 3.51. The van der Waals surface area contributed by atoms with Crippen LogP contribution >= 0.6 is 0 Å². The van der Waals surface area contributed by atoms with Crippen molar-refractivity contribution >= 4 is 22.6 Å². The van der Waals surface area contributed by atoms with E-state index in [2.05, 4.69) is 17.2 Å². The third kappa shape index (κ3) is 2.83. The zero-order chi connectivity index (χ0) is 14.9. The van der Waals surface area contributed by atoms with Gasteiger partial charge in [0.1, 0.15) is 0 Å². The minimum Gasteiger partial charge on any atom is -0.477 e. The van der Waals surface area contributed by atoms with Crippen LogP contribution in [0, 0.1) is 0 Å². The van der Waals surface area contributed by atoms with Crippen LogP contribution in [0.1, 0.15) is 30.3 Å². The molecule has 0 bridgehead atoms. The number of nitrogens with one attached hydrogen (secondary N) is 1. The van der Waals surface area contributed by atoms with E-state index in [1.807, 2.05) is 24.3 Å². The summed E-state index contributed by atoms with van der Waals surface area (Å²) in [4.78, 5) is 15.4. The summed E-state index contributed by atoms with van der Waals surface area (Å²) in [5.74, 6) is -1.01. The van der Waals surface area contributed by atoms with Crippen LogP contribution < -0.4 is 5.32 Å². The Labute approximate surface area is 123 Å². The van der Waals surface area contributed by atoms with E-state index < -0.39 is 5.97 Å². The molecule has 2 heterocycles. The fourth-order valence-corrected chi connectivity index (χ4v) is 2.66. The second-order valence-electron chi connectivity index (χ2n) is 5.68. The molecule has 0 atom stereocenters. The third-order valence-corrected chi connectivity index (χ3v) is 3.97. The van der Waals surface area contributed by atoms with Crippen molar-refractivity contribution in [2.45, 2.75) is 25.3 Å². The summed E-state index contributed by atoms with van der Waals surface area (Å²) < 4.78 is 5.41. The summed E-state index contributed by atoms with van der Waals surface area (Å²) in [6.45, 7) is 3.59. The number of para-hydroxylation sites is 1. The van der Waals surface area contributed by atoms with Crippen LogP contribution in [0.5, 0.6) is 0 Å². The predicted octanol–water partition coefficient (Wildman–Crippen LogP) is 2.91. The highest BCUT2D eigenvalue weighted by atomic mass is 16.5. The van der Waals surface area contributed by atoms with Gasteiger partial charge in [-0.3, -0.25) is 0 Å². The number of hydrogen-bond donors (Lipinski definition) is 2. The van der Waals surface area contributed by atoms with Crippen LogP contribution in [0.3, 0.4) is 0 Å². The highest BCUT2D eigenvalue weighted by Crippen LogP contribution is 2.30. The Morgan fingerprint density at radius 3 is 2.76 bits per heavy atom. The number of carboxylic acid groups (broad SMARTS) is 1. The molecule has 1 aromatic carbocycles. The van der Waals surface area contributed by atoms with Gasteiger partial charge in [-0.25, -0.2) is 9.78 Å². The molecule has 5 heteroatoms. The number of carbonyl (C=O) groups is 1. The molecule has 1 aliphatic rings. The van der Waals surface area contributed by atoms with Gasteiger partial charge in [-0.05, 0) is 31.9 Å². The maximum Gasteiger partial charge on any atom is 0.354 e. The number of pyridine rings is 1. The van der Waals surface area contributed by atoms with Crippen molar-refractivity contribution in [2.75, 3.05) is 18.5 Å². The minimum absolute atomic E-state index is 0.0619. The molecule has 2 aromatic rings. The summed E-state index contributed by atoms with van der Waals surface area (Å²) >= 11 is 0. The van der Waals surface area contributed by atoms with Crippen LogP contribution in [-0.4, -0.2) is 34.8 Å². The number of aromatic carboxylic acids is 1. The number of anilines is 1. The van der Waals surface area contributed by atoms with Crippen molar-refractivity contribution < 1.29 is 14.6 Å². The second kappa shape index (κ2) is 5.33. The molecule has 0 amide bonds. The van der Waals surface area contributed by atoms with Crippen LogP contribution in [0.2, 0.25) is 0 Å². The first-order valence-electron chi connectivity index (χ1n) is 7.06. The van der Waals surface area contributed by atoms with Crippen LogP contribution in [0.15, 0.2) is 30.3 Å². The maximum atomic E-state index is 11.3. The van der Waals surface area contributed by atoms with Crippen molar-refractivity contribution in [3.8, 4) is 0 Å². The molecule has 0 aliphatic carbocycles. The highest BCUT2D eigenvalue weighted by molar-refractivity contribution is 5.97. The molecular formula is C16H18N2O3. The molecular weight excluding hydrogens is 268 g/mol. The lowest BCUT2D eigenvalue weighted by Crippen LogP contribution is -2.40. The van der Waals surface area contributed by atoms with E-state index >= 15 is 0 Å². The van der Waals surface area contributed by atoms with E-state index in [4.69, 9.17) is 4.74 Å². The molecule has 0 saturated carbocycles. The molecule has 1 saturated heterocycles. The molecule has 1 aliphatic heterocycles. The van der Waals surface area contributed by atoms with Gasteiger partial charge in [0.25, 0.3) is 0 Å². The van der Waals surface area contributed by atoms with Crippen LogP contribution in [-0.2, 0) is 4.74 Å². The summed E-state index contributed by atoms with van der Waals surface area (Å²) in [7, 11) is 0. The number of carboxylic acids is 1. The van der Waals surface area contributed by atoms with Crippen molar-refractivity contribution in [3.63, 3.8) is 0 Å². The molecule has 1 fully saturated rings. The molecule has 110 valence electrons. The summed E-state index contributed by atoms with van der Waals surface area (Å²) in [5.41, 5.74) is 1.49. The van der Waals surface area contributed by atoms with E-state index in [1.54, 1.807) is 6.07 Å². The SMILES string of the molecule is CC1(Nc2cc(C(=O)O)nc3ccccc23)CCOCC1. The third-order valence-electron chi connectivity index (χ3n) is 3.97. The van der Waals surface area contributed by atoms with E-state index in [0.29, 0.717) is 5.52 Å². The fourth-order valence-electron chi connectivity index (χ4n) is 2.66. The molecule has 1 aromatic heterocycles. The summed E-state index contributed by atoms with van der Waals surface area (Å²) in [6, 6.07) is 9.20. The van der Waals surface area contributed by atoms with Crippen molar-refractivity contribution in [1.82, 2.24) is 4.98 Å². The van der Waals surface area contributed by atoms with Crippen molar-refractivity contribution in [3.05, 3.63) is 36.0 Å². The van der Waals surface area contributed by atoms with Gasteiger partial charge in [-0.2, -0.15) is 0 Å². The summed E-state index contributed by atoms with van der Waals surface area (Å²) in [6.07, 6.45) is 1.79. The maximum absolute atomic E-state index is 11.3. The van der Waals surface area contributed by atoms with Gasteiger partial charge in [-0.15, -0.1) is 0 Å². The monoisotopic (exact) mass is 286 g/mol. The Balaban J connectivity index is 2.05. The second-order valence-corrected chi connectivity index (χ2v) is 5.68. The van der Waals surface area contributed by atoms with E-state index in [1.165, 1.54) is 0 Å². The van der Waals surface area contributed by atoms with E-state index in [-0.39, 0.29) is 11.2 Å². The van der Waals surface area contributed by atoms with Crippen LogP contribution in [0.25, 0.3) is 10.9 Å². The number of nitrogens with zero attached hydrogens (tertiary/aromatic N) is 1. The quantitative estimate of drug-likeness (QED) is 0.907. The lowest BCUT2D eigenvalue weighted by molar-refractivity contribution is 0.0656. The van der Waals surface area contributed by atoms with Gasteiger partial charge in [-0.1, -0.05) is 18.2 Å². The lowest BCUT2D eigenvalue weighted by Gasteiger charge is -2.35. The Morgan fingerprint density at radius 2 is 2.05 bits per heavy atom. The lowest BCUT2D eigenvalue weighted by atomic mass is 9.92. The first kappa shape index (κ1) is 13.8. The van der Waals surface area contributed by atoms with Gasteiger partial charge in [0, 0.05) is 29.8 Å². The van der Waals surface area contributed by atoms with E-state index in [0.717, 1.165) is 37.1 Å². The van der Waals surface area contributed by atoms with Crippen molar-refractivity contribution in [2.24, 2.45) is 0 Å². The molecule has 5 nitrogen and oxygen atoms in total. The van der Waals surface area contributed by atoms with Gasteiger partial charge < -0.3 is 15.2 Å². The first-order valence-corrected chi connectivity index (χ1v) is 7.06. The average molecular weight is 286 g/mol. The van der Waals surface area contributed by atoms with E-state index in [9.17, 15) is 9.90 Å². The molecule has 0 spiro atoms. The number of ether oxygens (including phenoxy) is 1. The Hall–Kier alpha value is -2.14. The number of fused-ring (bicyclic) bond motifs is 1. The molecule has 0 radical (unpaired) electrons. The molecule has 0 unspecified atom stereocenters. The Morgan fingerprint density at radius 1 is 1.33 bits per heavy atom. The van der Waals surface area contributed by atoms with Gasteiger partial charge in [0.15, 0.2) is 5.69 Å². The van der Waals surface area contributed by atoms with Crippen molar-refractivity contribution in [1.29, 1.82) is 0 Å². The zero-order valence-corrected chi connectivity index (χ0v) is 11.9. The number of hydrogen-bond acceptors (Lipinski definition) is 4. The fraction of sp³-hybridized carbons (Fsp3) is 0.375. The number of rotatable bonds is 3. The largest absolute Gasteiger partial charge is 0.477 e. The summed E-state index contributed by atoms with van der Waals surface area (Å²) in [5, 5.41) is 13.7. The zero-order valence-electron chi connectivity index (χ0n) is 11.9. The number of aromatic nitrogens is 1. The standard InChI is InChI=1S/C16H18N2O3/c1-16(6-8-21-9-7-16)18-13-10-14(15(19)20)17-12-5-3-2-4-11(12)13/h2-5,10H,6-9H2,1H3,(H,17,18)(H,19,20). The number of benzene rings is 1. The average Bonchev–Trinajstić information content (AvgIpc) is 2.47. The topological polar surface area (TPSA) is 71.5 Å². The smallest absolute Gasteiger partial charge is 0.354 e. The molecule has 3 rings (SSSR count). The first-order chi connectivity index (χ1) is 10.1. The van der Waals surface area contributed by atoms with Crippen LogP contribution in [0.4, 0.5) is 5.69 Å². The van der Waals surface area contributed by atoms with Gasteiger partial charge in [0.2, 0.25) is 0 Å². The molecule has 2 N–H and O–H groups in total. The molecule has 21 heavy (non-hydrogen) atoms. The minimum atomic E-state index is -1.01. The van der Waals surface area contributed by atoms with Gasteiger partial charge >= 0.3 is 5.97 Å². The predicted molar refractivity (Wildman–Crippen MR) is 80.8 cm³/mol. The normalized spacial score (nSPS) is 17.6. The highest BCUT2D eigenvalue weighted by Gasteiger charge is 2.28. The van der Waals surface area contributed by atoms with Gasteiger partial charge in [0.05, 0.1) is 5.52 Å².